The number of benzene rings is 2. The smallest absolute Gasteiger partial charge is 0.234 e. The van der Waals surface area contributed by atoms with Crippen molar-refractivity contribution in [3.8, 4) is 5.69 Å². The van der Waals surface area contributed by atoms with Crippen molar-refractivity contribution in [1.82, 2.24) is 14.8 Å². The van der Waals surface area contributed by atoms with E-state index < -0.39 is 5.82 Å². The number of rotatable bonds is 5. The molecule has 0 aliphatic carbocycles. The quantitative estimate of drug-likeness (QED) is 0.655. The van der Waals surface area contributed by atoms with Crippen molar-refractivity contribution < 1.29 is 9.18 Å². The largest absolute Gasteiger partial charge is 0.323 e. The first-order valence-corrected chi connectivity index (χ1v) is 9.16. The van der Waals surface area contributed by atoms with Gasteiger partial charge in [0.15, 0.2) is 5.16 Å². The average molecular weight is 391 g/mol. The monoisotopic (exact) mass is 390 g/mol. The van der Waals surface area contributed by atoms with Crippen molar-refractivity contribution in [3.63, 3.8) is 0 Å². The molecule has 0 fully saturated rings. The summed E-state index contributed by atoms with van der Waals surface area (Å²) in [5.41, 5.74) is 2.81. The third-order valence-corrected chi connectivity index (χ3v) is 5.03. The van der Waals surface area contributed by atoms with Crippen LogP contribution in [0.15, 0.2) is 47.9 Å². The number of carbonyl (C=O) groups excluding carboxylic acids is 1. The topological polar surface area (TPSA) is 59.8 Å². The first kappa shape index (κ1) is 18.4. The Morgan fingerprint density at radius 2 is 2.08 bits per heavy atom. The molecule has 3 rings (SSSR count). The van der Waals surface area contributed by atoms with Crippen molar-refractivity contribution in [2.45, 2.75) is 19.0 Å². The van der Waals surface area contributed by atoms with Crippen LogP contribution in [0.3, 0.4) is 0 Å². The maximum atomic E-state index is 13.7. The highest BCUT2D eigenvalue weighted by molar-refractivity contribution is 7.99. The molecule has 26 heavy (non-hydrogen) atoms. The van der Waals surface area contributed by atoms with Gasteiger partial charge in [0.2, 0.25) is 5.91 Å². The maximum Gasteiger partial charge on any atom is 0.234 e. The molecule has 0 saturated heterocycles. The Balaban J connectivity index is 1.69. The van der Waals surface area contributed by atoms with Crippen LogP contribution in [0.1, 0.15) is 11.1 Å². The SMILES string of the molecule is Cc1ccc(F)c(NC(=O)CSc2nncn2-c2ccc(C)c(Cl)c2)c1. The lowest BCUT2D eigenvalue weighted by molar-refractivity contribution is -0.113. The summed E-state index contributed by atoms with van der Waals surface area (Å²) in [7, 11) is 0. The molecular weight excluding hydrogens is 375 g/mol. The molecule has 134 valence electrons. The minimum Gasteiger partial charge on any atom is -0.323 e. The fraction of sp³-hybridized carbons (Fsp3) is 0.167. The molecule has 2 aromatic carbocycles. The zero-order chi connectivity index (χ0) is 18.7. The molecule has 1 amide bonds. The molecule has 0 aliphatic heterocycles. The van der Waals surface area contributed by atoms with Crippen molar-refractivity contribution in [2.24, 2.45) is 0 Å². The molecule has 1 N–H and O–H groups in total. The van der Waals surface area contributed by atoms with E-state index in [1.807, 2.05) is 32.0 Å². The fourth-order valence-electron chi connectivity index (χ4n) is 2.28. The number of aromatic nitrogens is 3. The fourth-order valence-corrected chi connectivity index (χ4v) is 3.19. The van der Waals surface area contributed by atoms with Crippen LogP contribution in [-0.4, -0.2) is 26.4 Å². The summed E-state index contributed by atoms with van der Waals surface area (Å²) in [5.74, 6) is -0.714. The van der Waals surface area contributed by atoms with E-state index in [4.69, 9.17) is 11.6 Å². The van der Waals surface area contributed by atoms with Gasteiger partial charge in [-0.05, 0) is 49.2 Å². The second kappa shape index (κ2) is 7.88. The molecule has 3 aromatic rings. The summed E-state index contributed by atoms with van der Waals surface area (Å²) >= 11 is 7.38. The van der Waals surface area contributed by atoms with Crippen LogP contribution < -0.4 is 5.32 Å². The Morgan fingerprint density at radius 3 is 2.85 bits per heavy atom. The van der Waals surface area contributed by atoms with Gasteiger partial charge in [-0.1, -0.05) is 35.5 Å². The molecule has 0 atom stereocenters. The average Bonchev–Trinajstić information content (AvgIpc) is 3.07. The summed E-state index contributed by atoms with van der Waals surface area (Å²) in [6.45, 7) is 3.75. The predicted molar refractivity (Wildman–Crippen MR) is 102 cm³/mol. The molecule has 0 unspecified atom stereocenters. The molecule has 0 spiro atoms. The van der Waals surface area contributed by atoms with Crippen LogP contribution >= 0.6 is 23.4 Å². The van der Waals surface area contributed by atoms with Crippen LogP contribution in [-0.2, 0) is 4.79 Å². The van der Waals surface area contributed by atoms with Gasteiger partial charge in [-0.3, -0.25) is 9.36 Å². The number of halogens is 2. The molecular formula is C18H16ClFN4OS. The summed E-state index contributed by atoms with van der Waals surface area (Å²) < 4.78 is 15.5. The van der Waals surface area contributed by atoms with E-state index in [-0.39, 0.29) is 17.3 Å². The Kier molecular flexibility index (Phi) is 5.58. The summed E-state index contributed by atoms with van der Waals surface area (Å²) in [5, 5.41) is 11.7. The zero-order valence-electron chi connectivity index (χ0n) is 14.2. The Labute approximate surface area is 159 Å². The lowest BCUT2D eigenvalue weighted by atomic mass is 10.2. The predicted octanol–water partition coefficient (Wildman–Crippen LogP) is 4.41. The number of aryl methyl sites for hydroxylation is 2. The molecule has 5 nitrogen and oxygen atoms in total. The Morgan fingerprint density at radius 1 is 1.27 bits per heavy atom. The van der Waals surface area contributed by atoms with Gasteiger partial charge >= 0.3 is 0 Å². The van der Waals surface area contributed by atoms with Crippen molar-refractivity contribution in [1.29, 1.82) is 0 Å². The van der Waals surface area contributed by atoms with Gasteiger partial charge in [0, 0.05) is 5.02 Å². The van der Waals surface area contributed by atoms with Crippen LogP contribution in [0.2, 0.25) is 5.02 Å². The highest BCUT2D eigenvalue weighted by atomic mass is 35.5. The van der Waals surface area contributed by atoms with E-state index in [0.717, 1.165) is 16.8 Å². The number of amides is 1. The normalized spacial score (nSPS) is 10.8. The summed E-state index contributed by atoms with van der Waals surface area (Å²) in [6.07, 6.45) is 1.56. The lowest BCUT2D eigenvalue weighted by Crippen LogP contribution is -2.15. The number of nitrogens with one attached hydrogen (secondary N) is 1. The van der Waals surface area contributed by atoms with E-state index in [1.165, 1.54) is 17.8 Å². The Hall–Kier alpha value is -2.38. The van der Waals surface area contributed by atoms with Crippen molar-refractivity contribution in [2.75, 3.05) is 11.1 Å². The first-order valence-electron chi connectivity index (χ1n) is 7.79. The first-order chi connectivity index (χ1) is 12.4. The van der Waals surface area contributed by atoms with Gasteiger partial charge in [-0.2, -0.15) is 0 Å². The molecule has 0 saturated carbocycles. The summed E-state index contributed by atoms with van der Waals surface area (Å²) in [6, 6.07) is 10.2. The second-order valence-electron chi connectivity index (χ2n) is 5.74. The third-order valence-electron chi connectivity index (χ3n) is 3.68. The van der Waals surface area contributed by atoms with E-state index in [9.17, 15) is 9.18 Å². The van der Waals surface area contributed by atoms with Gasteiger partial charge in [-0.25, -0.2) is 4.39 Å². The standard InChI is InChI=1S/C18H16ClFN4OS/c1-11-3-6-15(20)16(7-11)22-17(25)9-26-18-23-21-10-24(18)13-5-4-12(2)14(19)8-13/h3-8,10H,9H2,1-2H3,(H,22,25). The number of carbonyl (C=O) groups is 1. The number of hydrogen-bond donors (Lipinski definition) is 1. The molecule has 0 bridgehead atoms. The molecule has 8 heteroatoms. The van der Waals surface area contributed by atoms with Crippen LogP contribution in [0.5, 0.6) is 0 Å². The van der Waals surface area contributed by atoms with E-state index in [1.54, 1.807) is 23.0 Å². The number of nitrogens with zero attached hydrogens (tertiary/aromatic N) is 3. The second-order valence-corrected chi connectivity index (χ2v) is 7.09. The van der Waals surface area contributed by atoms with Crippen LogP contribution in [0.4, 0.5) is 10.1 Å². The van der Waals surface area contributed by atoms with Crippen LogP contribution in [0, 0.1) is 19.7 Å². The summed E-state index contributed by atoms with van der Waals surface area (Å²) in [4.78, 5) is 12.1. The van der Waals surface area contributed by atoms with Gasteiger partial charge < -0.3 is 5.32 Å². The van der Waals surface area contributed by atoms with E-state index >= 15 is 0 Å². The van der Waals surface area contributed by atoms with Gasteiger partial charge in [0.1, 0.15) is 12.1 Å². The van der Waals surface area contributed by atoms with Crippen molar-refractivity contribution in [3.05, 3.63) is 64.7 Å². The van der Waals surface area contributed by atoms with E-state index in [2.05, 4.69) is 15.5 Å². The highest BCUT2D eigenvalue weighted by Gasteiger charge is 2.12. The molecule has 1 heterocycles. The molecule has 0 radical (unpaired) electrons. The van der Waals surface area contributed by atoms with Crippen molar-refractivity contribution >= 4 is 35.0 Å². The number of thioether (sulfide) groups is 1. The lowest BCUT2D eigenvalue weighted by Gasteiger charge is -2.09. The molecule has 1 aromatic heterocycles. The van der Waals surface area contributed by atoms with Gasteiger partial charge in [-0.15, -0.1) is 10.2 Å². The van der Waals surface area contributed by atoms with Crippen LogP contribution in [0.25, 0.3) is 5.69 Å². The van der Waals surface area contributed by atoms with E-state index in [0.29, 0.717) is 10.2 Å². The molecule has 0 aliphatic rings. The third kappa shape index (κ3) is 4.23. The number of hydrogen-bond acceptors (Lipinski definition) is 4. The Bertz CT molecular complexity index is 960. The maximum absolute atomic E-state index is 13.7. The zero-order valence-corrected chi connectivity index (χ0v) is 15.7. The minimum atomic E-state index is -0.466. The minimum absolute atomic E-state index is 0.0751. The highest BCUT2D eigenvalue weighted by Crippen LogP contribution is 2.24. The number of anilines is 1. The van der Waals surface area contributed by atoms with Gasteiger partial charge in [0.25, 0.3) is 0 Å². The van der Waals surface area contributed by atoms with Gasteiger partial charge in [0.05, 0.1) is 17.1 Å².